The molecule has 0 radical (unpaired) electrons. The van der Waals surface area contributed by atoms with Crippen LogP contribution in [0.25, 0.3) is 11.1 Å². The first-order valence-electron chi connectivity index (χ1n) is 9.33. The predicted molar refractivity (Wildman–Crippen MR) is 107 cm³/mol. The summed E-state index contributed by atoms with van der Waals surface area (Å²) in [7, 11) is 1.55. The van der Waals surface area contributed by atoms with Crippen LogP contribution >= 0.6 is 0 Å². The van der Waals surface area contributed by atoms with E-state index in [1.165, 1.54) is 18.0 Å². The molecule has 0 saturated heterocycles. The maximum absolute atomic E-state index is 12.3. The monoisotopic (exact) mass is 417 g/mol. The van der Waals surface area contributed by atoms with Gasteiger partial charge in [0, 0.05) is 36.1 Å². The summed E-state index contributed by atoms with van der Waals surface area (Å²) >= 11 is 0. The van der Waals surface area contributed by atoms with Crippen LogP contribution in [0.5, 0.6) is 11.8 Å². The van der Waals surface area contributed by atoms with Gasteiger partial charge in [-0.2, -0.15) is 13.2 Å². The van der Waals surface area contributed by atoms with Crippen LogP contribution in [0, 0.1) is 0 Å². The van der Waals surface area contributed by atoms with Gasteiger partial charge in [0.2, 0.25) is 0 Å². The third kappa shape index (κ3) is 5.93. The van der Waals surface area contributed by atoms with Crippen LogP contribution in [-0.4, -0.2) is 29.9 Å². The largest absolute Gasteiger partial charge is 0.496 e. The van der Waals surface area contributed by atoms with E-state index in [-0.39, 0.29) is 12.1 Å². The molecular formula is C22H22F3N3O2. The maximum atomic E-state index is 12.3. The van der Waals surface area contributed by atoms with Gasteiger partial charge >= 0.3 is 12.2 Å². The zero-order chi connectivity index (χ0) is 21.6. The van der Waals surface area contributed by atoms with Crippen molar-refractivity contribution in [3.05, 3.63) is 72.1 Å². The normalized spacial score (nSPS) is 12.4. The van der Waals surface area contributed by atoms with E-state index >= 15 is 0 Å². The first-order chi connectivity index (χ1) is 14.4. The molecule has 0 bridgehead atoms. The first kappa shape index (κ1) is 21.6. The molecule has 3 rings (SSSR count). The fourth-order valence-corrected chi connectivity index (χ4v) is 2.90. The molecule has 1 N–H and O–H groups in total. The van der Waals surface area contributed by atoms with E-state index in [1.807, 2.05) is 36.4 Å². The summed E-state index contributed by atoms with van der Waals surface area (Å²) in [4.78, 5) is 7.75. The zero-order valence-corrected chi connectivity index (χ0v) is 16.6. The molecule has 0 fully saturated rings. The second-order valence-electron chi connectivity index (χ2n) is 6.71. The molecule has 0 aliphatic heterocycles. The summed E-state index contributed by atoms with van der Waals surface area (Å²) in [6.45, 7) is 1.28. The summed E-state index contributed by atoms with van der Waals surface area (Å²) < 4.78 is 46.8. The van der Waals surface area contributed by atoms with Crippen LogP contribution < -0.4 is 14.8 Å². The molecule has 0 aliphatic carbocycles. The number of benzene rings is 2. The number of nitrogens with one attached hydrogen (secondary N) is 1. The number of aromatic nitrogens is 2. The highest BCUT2D eigenvalue weighted by atomic mass is 19.4. The summed E-state index contributed by atoms with van der Waals surface area (Å²) in [6.07, 6.45) is -1.61. The summed E-state index contributed by atoms with van der Waals surface area (Å²) in [5, 5.41) is 3.47. The van der Waals surface area contributed by atoms with Gasteiger partial charge in [0.05, 0.1) is 7.11 Å². The van der Waals surface area contributed by atoms with Crippen molar-refractivity contribution in [2.24, 2.45) is 0 Å². The molecule has 0 saturated carbocycles. The van der Waals surface area contributed by atoms with E-state index in [4.69, 9.17) is 4.74 Å². The number of rotatable bonds is 8. The quantitative estimate of drug-likeness (QED) is 0.562. The lowest BCUT2D eigenvalue weighted by molar-refractivity contribution is -0.154. The lowest BCUT2D eigenvalue weighted by Gasteiger charge is -2.16. The minimum Gasteiger partial charge on any atom is -0.496 e. The van der Waals surface area contributed by atoms with Crippen LogP contribution in [0.4, 0.5) is 13.2 Å². The van der Waals surface area contributed by atoms with Gasteiger partial charge in [0.15, 0.2) is 6.61 Å². The smallest absolute Gasteiger partial charge is 0.422 e. The number of halogens is 3. The van der Waals surface area contributed by atoms with Crippen molar-refractivity contribution in [2.75, 3.05) is 13.7 Å². The molecular weight excluding hydrogens is 395 g/mol. The van der Waals surface area contributed by atoms with E-state index < -0.39 is 12.8 Å². The summed E-state index contributed by atoms with van der Waals surface area (Å²) in [5.74, 6) is 0.613. The van der Waals surface area contributed by atoms with E-state index in [9.17, 15) is 13.2 Å². The van der Waals surface area contributed by atoms with E-state index in [1.54, 1.807) is 7.11 Å². The van der Waals surface area contributed by atoms with Crippen molar-refractivity contribution in [3.8, 4) is 22.9 Å². The van der Waals surface area contributed by atoms with Gasteiger partial charge in [-0.3, -0.25) is 0 Å². The average molecular weight is 417 g/mol. The summed E-state index contributed by atoms with van der Waals surface area (Å²) in [6, 6.07) is 15.7. The van der Waals surface area contributed by atoms with Gasteiger partial charge in [-0.25, -0.2) is 9.97 Å². The Morgan fingerprint density at radius 3 is 2.37 bits per heavy atom. The number of nitrogens with zero attached hydrogens (tertiary/aromatic N) is 2. The van der Waals surface area contributed by atoms with Crippen LogP contribution in [-0.2, 0) is 6.54 Å². The second-order valence-corrected chi connectivity index (χ2v) is 6.71. The molecule has 1 heterocycles. The molecule has 158 valence electrons. The standard InChI is InChI=1S/C22H22F3N3O2/c1-15(17-6-4-3-5-7-17)26-11-16-8-9-20(29-2)19(10-16)18-12-27-21(28-13-18)30-14-22(23,24)25/h3-10,12-13,15,26H,11,14H2,1-2H3/t15-/m1/s1. The molecule has 0 unspecified atom stereocenters. The molecule has 0 amide bonds. The Bertz CT molecular complexity index is 948. The van der Waals surface area contributed by atoms with Gasteiger partial charge in [-0.15, -0.1) is 0 Å². The highest BCUT2D eigenvalue weighted by molar-refractivity contribution is 5.70. The van der Waals surface area contributed by atoms with Gasteiger partial charge in [-0.05, 0) is 30.2 Å². The van der Waals surface area contributed by atoms with Crippen molar-refractivity contribution < 1.29 is 22.6 Å². The Kier molecular flexibility index (Phi) is 6.89. The number of hydrogen-bond acceptors (Lipinski definition) is 5. The molecule has 0 spiro atoms. The third-order valence-corrected chi connectivity index (χ3v) is 4.48. The highest BCUT2D eigenvalue weighted by Gasteiger charge is 2.29. The molecule has 0 aliphatic rings. The Morgan fingerprint density at radius 1 is 1.03 bits per heavy atom. The molecule has 30 heavy (non-hydrogen) atoms. The Morgan fingerprint density at radius 2 is 1.73 bits per heavy atom. The number of alkyl halides is 3. The lowest BCUT2D eigenvalue weighted by Crippen LogP contribution is -2.20. The molecule has 1 atom stereocenters. The number of ether oxygens (including phenoxy) is 2. The van der Waals surface area contributed by atoms with E-state index in [0.29, 0.717) is 17.9 Å². The van der Waals surface area contributed by atoms with Crippen LogP contribution in [0.15, 0.2) is 60.9 Å². The topological polar surface area (TPSA) is 56.3 Å². The van der Waals surface area contributed by atoms with Crippen LogP contribution in [0.3, 0.4) is 0 Å². The second kappa shape index (κ2) is 9.58. The molecule has 3 aromatic rings. The van der Waals surface area contributed by atoms with E-state index in [0.717, 1.165) is 11.1 Å². The maximum Gasteiger partial charge on any atom is 0.422 e. The SMILES string of the molecule is COc1ccc(CN[C@H](C)c2ccccc2)cc1-c1cnc(OCC(F)(F)F)nc1. The lowest BCUT2D eigenvalue weighted by atomic mass is 10.0. The Labute approximate surface area is 172 Å². The number of hydrogen-bond donors (Lipinski definition) is 1. The van der Waals surface area contributed by atoms with Gasteiger partial charge in [0.25, 0.3) is 0 Å². The Hall–Kier alpha value is -3.13. The van der Waals surface area contributed by atoms with E-state index in [2.05, 4.69) is 39.1 Å². The van der Waals surface area contributed by atoms with Crippen molar-refractivity contribution in [1.82, 2.24) is 15.3 Å². The van der Waals surface area contributed by atoms with Crippen molar-refractivity contribution in [2.45, 2.75) is 25.7 Å². The van der Waals surface area contributed by atoms with Gasteiger partial charge in [-0.1, -0.05) is 36.4 Å². The van der Waals surface area contributed by atoms with Crippen molar-refractivity contribution in [3.63, 3.8) is 0 Å². The van der Waals surface area contributed by atoms with Crippen LogP contribution in [0.1, 0.15) is 24.1 Å². The molecule has 5 nitrogen and oxygen atoms in total. The number of methoxy groups -OCH3 is 1. The minimum atomic E-state index is -4.44. The predicted octanol–water partition coefficient (Wildman–Crippen LogP) is 4.94. The zero-order valence-electron chi connectivity index (χ0n) is 16.6. The molecule has 2 aromatic carbocycles. The average Bonchev–Trinajstić information content (AvgIpc) is 2.76. The van der Waals surface area contributed by atoms with Crippen LogP contribution in [0.2, 0.25) is 0 Å². The fourth-order valence-electron chi connectivity index (χ4n) is 2.90. The highest BCUT2D eigenvalue weighted by Crippen LogP contribution is 2.31. The Balaban J connectivity index is 1.73. The fraction of sp³-hybridized carbons (Fsp3) is 0.273. The third-order valence-electron chi connectivity index (χ3n) is 4.48. The van der Waals surface area contributed by atoms with Crippen molar-refractivity contribution >= 4 is 0 Å². The van der Waals surface area contributed by atoms with Gasteiger partial charge in [0.1, 0.15) is 5.75 Å². The van der Waals surface area contributed by atoms with Gasteiger partial charge < -0.3 is 14.8 Å². The summed E-state index contributed by atoms with van der Waals surface area (Å²) in [5.41, 5.74) is 3.57. The van der Waals surface area contributed by atoms with Crippen molar-refractivity contribution in [1.29, 1.82) is 0 Å². The molecule has 1 aromatic heterocycles. The minimum absolute atomic E-state index is 0.171. The molecule has 8 heteroatoms. The first-order valence-corrected chi connectivity index (χ1v) is 9.33.